The molecule has 3 rings (SSSR count). The molecule has 5 heteroatoms. The fourth-order valence-corrected chi connectivity index (χ4v) is 3.21. The van der Waals surface area contributed by atoms with Crippen molar-refractivity contribution in [2.24, 2.45) is 11.8 Å². The van der Waals surface area contributed by atoms with Crippen LogP contribution in [0.2, 0.25) is 0 Å². The molecule has 5 nitrogen and oxygen atoms in total. The molecule has 104 valence electrons. The number of hydrogen-bond donors (Lipinski definition) is 1. The second-order valence-electron chi connectivity index (χ2n) is 5.46. The van der Waals surface area contributed by atoms with Crippen LogP contribution in [-0.2, 0) is 9.59 Å². The van der Waals surface area contributed by atoms with Gasteiger partial charge in [-0.2, -0.15) is 0 Å². The number of amides is 2. The molecule has 1 N–H and O–H groups in total. The molecule has 1 aliphatic carbocycles. The van der Waals surface area contributed by atoms with Gasteiger partial charge in [-0.25, -0.2) is 9.69 Å². The molecule has 1 heterocycles. The molecule has 1 aromatic carbocycles. The van der Waals surface area contributed by atoms with Crippen LogP contribution in [0, 0.1) is 18.8 Å². The summed E-state index contributed by atoms with van der Waals surface area (Å²) in [6.07, 6.45) is 2.42. The summed E-state index contributed by atoms with van der Waals surface area (Å²) < 4.78 is 0. The van der Waals surface area contributed by atoms with Gasteiger partial charge in [0.1, 0.15) is 0 Å². The van der Waals surface area contributed by atoms with E-state index in [0.717, 1.165) is 24.8 Å². The second-order valence-corrected chi connectivity index (χ2v) is 5.46. The maximum Gasteiger partial charge on any atom is 0.335 e. The standard InChI is InChI=1S/C15H15NO4/c1-8-5-6-9(15(19)20)7-12(8)16-13(17)10-3-2-4-11(10)14(16)18/h5-7,10-11H,2-4H2,1H3,(H,19,20). The van der Waals surface area contributed by atoms with Gasteiger partial charge >= 0.3 is 5.97 Å². The zero-order valence-corrected chi connectivity index (χ0v) is 11.1. The molecule has 1 aliphatic heterocycles. The number of rotatable bonds is 2. The molecule has 2 amide bonds. The molecule has 0 bridgehead atoms. The van der Waals surface area contributed by atoms with Crippen molar-refractivity contribution in [2.75, 3.05) is 4.90 Å². The summed E-state index contributed by atoms with van der Waals surface area (Å²) in [5, 5.41) is 9.05. The quantitative estimate of drug-likeness (QED) is 0.836. The summed E-state index contributed by atoms with van der Waals surface area (Å²) >= 11 is 0. The molecule has 2 atom stereocenters. The molecular formula is C15H15NO4. The van der Waals surface area contributed by atoms with E-state index in [2.05, 4.69) is 0 Å². The normalized spacial score (nSPS) is 25.1. The van der Waals surface area contributed by atoms with Crippen LogP contribution in [-0.4, -0.2) is 22.9 Å². The monoisotopic (exact) mass is 273 g/mol. The molecule has 20 heavy (non-hydrogen) atoms. The minimum absolute atomic E-state index is 0.0864. The van der Waals surface area contributed by atoms with E-state index in [9.17, 15) is 14.4 Å². The van der Waals surface area contributed by atoms with Crippen LogP contribution in [0.4, 0.5) is 5.69 Å². The Morgan fingerprint density at radius 1 is 1.20 bits per heavy atom. The number of hydrogen-bond acceptors (Lipinski definition) is 3. The molecule has 0 aromatic heterocycles. The first-order valence-corrected chi connectivity index (χ1v) is 6.72. The number of carbonyl (C=O) groups excluding carboxylic acids is 2. The van der Waals surface area contributed by atoms with Gasteiger partial charge in [0.05, 0.1) is 23.1 Å². The van der Waals surface area contributed by atoms with Crippen molar-refractivity contribution in [3.63, 3.8) is 0 Å². The number of carboxylic acid groups (broad SMARTS) is 1. The Balaban J connectivity index is 2.05. The fourth-order valence-electron chi connectivity index (χ4n) is 3.21. The zero-order chi connectivity index (χ0) is 14.4. The van der Waals surface area contributed by atoms with Crippen molar-refractivity contribution in [1.82, 2.24) is 0 Å². The van der Waals surface area contributed by atoms with Gasteiger partial charge in [-0.15, -0.1) is 0 Å². The SMILES string of the molecule is Cc1ccc(C(=O)O)cc1N1C(=O)C2CCCC2C1=O. The maximum atomic E-state index is 12.4. The Bertz CT molecular complexity index is 600. The lowest BCUT2D eigenvalue weighted by molar-refractivity contribution is -0.122. The van der Waals surface area contributed by atoms with Crippen molar-refractivity contribution >= 4 is 23.5 Å². The van der Waals surface area contributed by atoms with E-state index in [1.807, 2.05) is 0 Å². The summed E-state index contributed by atoms with van der Waals surface area (Å²) in [6.45, 7) is 1.77. The lowest BCUT2D eigenvalue weighted by Crippen LogP contribution is -2.32. The smallest absolute Gasteiger partial charge is 0.335 e. The van der Waals surface area contributed by atoms with Gasteiger partial charge < -0.3 is 5.11 Å². The van der Waals surface area contributed by atoms with E-state index >= 15 is 0 Å². The zero-order valence-electron chi connectivity index (χ0n) is 11.1. The van der Waals surface area contributed by atoms with Crippen LogP contribution < -0.4 is 4.90 Å². The molecular weight excluding hydrogens is 258 g/mol. The van der Waals surface area contributed by atoms with Crippen molar-refractivity contribution in [3.8, 4) is 0 Å². The van der Waals surface area contributed by atoms with Gasteiger partial charge in [0.2, 0.25) is 11.8 Å². The molecule has 2 unspecified atom stereocenters. The third-order valence-corrected chi connectivity index (χ3v) is 4.29. The third-order valence-electron chi connectivity index (χ3n) is 4.29. The Morgan fingerprint density at radius 2 is 1.80 bits per heavy atom. The molecule has 0 radical (unpaired) electrons. The van der Waals surface area contributed by atoms with E-state index < -0.39 is 5.97 Å². The van der Waals surface area contributed by atoms with E-state index in [4.69, 9.17) is 5.11 Å². The predicted molar refractivity (Wildman–Crippen MR) is 71.5 cm³/mol. The maximum absolute atomic E-state index is 12.4. The summed E-state index contributed by atoms with van der Waals surface area (Å²) in [6, 6.07) is 4.52. The van der Waals surface area contributed by atoms with Gasteiger partial charge in [-0.1, -0.05) is 12.5 Å². The first kappa shape index (κ1) is 12.8. The minimum Gasteiger partial charge on any atom is -0.478 e. The van der Waals surface area contributed by atoms with Gasteiger partial charge in [-0.3, -0.25) is 9.59 Å². The molecule has 1 saturated carbocycles. The van der Waals surface area contributed by atoms with E-state index in [-0.39, 0.29) is 29.2 Å². The fraction of sp³-hybridized carbons (Fsp3) is 0.400. The number of carbonyl (C=O) groups is 3. The topological polar surface area (TPSA) is 74.7 Å². The lowest BCUT2D eigenvalue weighted by atomic mass is 10.00. The summed E-state index contributed by atoms with van der Waals surface area (Å²) in [7, 11) is 0. The van der Waals surface area contributed by atoms with Crippen molar-refractivity contribution in [1.29, 1.82) is 0 Å². The average Bonchev–Trinajstić information content (AvgIpc) is 2.96. The Kier molecular flexibility index (Phi) is 2.85. The van der Waals surface area contributed by atoms with E-state index in [0.29, 0.717) is 5.69 Å². The Labute approximate surface area is 116 Å². The van der Waals surface area contributed by atoms with Crippen LogP contribution in [0.3, 0.4) is 0 Å². The second kappa shape index (κ2) is 4.44. The number of anilines is 1. The number of nitrogens with zero attached hydrogens (tertiary/aromatic N) is 1. The third kappa shape index (κ3) is 1.73. The van der Waals surface area contributed by atoms with Crippen molar-refractivity contribution in [3.05, 3.63) is 29.3 Å². The highest BCUT2D eigenvalue weighted by atomic mass is 16.4. The van der Waals surface area contributed by atoms with Crippen LogP contribution in [0.5, 0.6) is 0 Å². The number of aromatic carboxylic acids is 1. The van der Waals surface area contributed by atoms with Crippen LogP contribution in [0.25, 0.3) is 0 Å². The molecule has 1 saturated heterocycles. The van der Waals surface area contributed by atoms with E-state index in [1.165, 1.54) is 17.0 Å². The van der Waals surface area contributed by atoms with Crippen LogP contribution in [0.15, 0.2) is 18.2 Å². The van der Waals surface area contributed by atoms with Crippen molar-refractivity contribution in [2.45, 2.75) is 26.2 Å². The highest BCUT2D eigenvalue weighted by Gasteiger charge is 2.50. The van der Waals surface area contributed by atoms with Crippen LogP contribution >= 0.6 is 0 Å². The Morgan fingerprint density at radius 3 is 2.35 bits per heavy atom. The molecule has 2 fully saturated rings. The lowest BCUT2D eigenvalue weighted by Gasteiger charge is -2.18. The van der Waals surface area contributed by atoms with Crippen molar-refractivity contribution < 1.29 is 19.5 Å². The Hall–Kier alpha value is -2.17. The van der Waals surface area contributed by atoms with E-state index in [1.54, 1.807) is 13.0 Å². The number of imide groups is 1. The van der Waals surface area contributed by atoms with Gasteiger partial charge in [-0.05, 0) is 37.5 Å². The first-order valence-electron chi connectivity index (χ1n) is 6.72. The average molecular weight is 273 g/mol. The number of carboxylic acids is 1. The number of fused-ring (bicyclic) bond motifs is 1. The summed E-state index contributed by atoms with van der Waals surface area (Å²) in [4.78, 5) is 37.0. The highest BCUT2D eigenvalue weighted by Crippen LogP contribution is 2.42. The largest absolute Gasteiger partial charge is 0.478 e. The molecule has 1 aromatic rings. The first-order chi connectivity index (χ1) is 9.50. The minimum atomic E-state index is -1.06. The highest BCUT2D eigenvalue weighted by molar-refractivity contribution is 6.22. The molecule has 0 spiro atoms. The molecule has 2 aliphatic rings. The summed E-state index contributed by atoms with van der Waals surface area (Å²) in [5.41, 5.74) is 1.23. The number of aryl methyl sites for hydroxylation is 1. The van der Waals surface area contributed by atoms with Gasteiger partial charge in [0.15, 0.2) is 0 Å². The van der Waals surface area contributed by atoms with Crippen LogP contribution in [0.1, 0.15) is 35.2 Å². The van der Waals surface area contributed by atoms with Gasteiger partial charge in [0.25, 0.3) is 0 Å². The predicted octanol–water partition coefficient (Wildman–Crippen LogP) is 1.98. The number of benzene rings is 1. The summed E-state index contributed by atoms with van der Waals surface area (Å²) in [5.74, 6) is -1.84. The van der Waals surface area contributed by atoms with Gasteiger partial charge in [0, 0.05) is 0 Å².